The Bertz CT molecular complexity index is 1900. The van der Waals surface area contributed by atoms with Crippen LogP contribution in [0.3, 0.4) is 0 Å². The number of nitrogen functional groups attached to an aromatic ring is 1. The van der Waals surface area contributed by atoms with E-state index in [9.17, 15) is 67.5 Å². The van der Waals surface area contributed by atoms with Gasteiger partial charge in [0, 0.05) is 44.5 Å². The minimum absolute atomic E-state index is 0.0209. The summed E-state index contributed by atoms with van der Waals surface area (Å²) in [5.74, 6) is -3.40. The Kier molecular flexibility index (Phi) is 18.5. The first-order valence-electron chi connectivity index (χ1n) is 15.9. The molecule has 27 nitrogen and oxygen atoms in total. The predicted molar refractivity (Wildman–Crippen MR) is 182 cm³/mol. The Labute approximate surface area is 326 Å². The van der Waals surface area contributed by atoms with Gasteiger partial charge >= 0.3 is 5.97 Å². The van der Waals surface area contributed by atoms with Crippen molar-refractivity contribution < 1.29 is 95.2 Å². The number of hydrogen-bond acceptors (Lipinski definition) is 24. The second-order valence-corrected chi connectivity index (χ2v) is 17.5. The average molecular weight is 894 g/mol. The number of carbonyl (C=O) groups is 5. The van der Waals surface area contributed by atoms with E-state index in [1.807, 2.05) is 0 Å². The molecule has 3 heterocycles. The van der Waals surface area contributed by atoms with Gasteiger partial charge in [0.05, 0.1) is 27.4 Å². The van der Waals surface area contributed by atoms with Crippen molar-refractivity contribution in [2.24, 2.45) is 5.41 Å². The molecule has 0 saturated carbocycles. The topological polar surface area (TPSA) is 429 Å². The minimum Gasteiger partial charge on any atom is -0.790 e. The van der Waals surface area contributed by atoms with Crippen LogP contribution in [0.15, 0.2) is 12.7 Å². The zero-order valence-electron chi connectivity index (χ0n) is 30.2. The number of phosphoric ester groups is 3. The second-order valence-electron chi connectivity index (χ2n) is 12.2. The number of rotatable bonds is 20. The van der Waals surface area contributed by atoms with E-state index in [2.05, 4.69) is 43.5 Å². The van der Waals surface area contributed by atoms with E-state index < -0.39 is 96.3 Å². The zero-order chi connectivity index (χ0) is 43.5. The Morgan fingerprint density at radius 1 is 1.04 bits per heavy atom. The molecule has 0 aromatic carbocycles. The normalized spacial score (nSPS) is 21.0. The van der Waals surface area contributed by atoms with Crippen LogP contribution in [0.1, 0.15) is 40.3 Å². The number of ether oxygens (including phenoxy) is 1. The lowest BCUT2D eigenvalue weighted by molar-refractivity contribution is -0.347. The maximum absolute atomic E-state index is 12.4. The molecule has 1 aliphatic heterocycles. The highest BCUT2D eigenvalue weighted by molar-refractivity contribution is 8.13. The number of carboxylic acids is 1. The lowest BCUT2D eigenvalue weighted by atomic mass is 9.87. The number of anilines is 1. The highest BCUT2D eigenvalue weighted by atomic mass is 32.2. The van der Waals surface area contributed by atoms with Gasteiger partial charge in [0.25, 0.3) is 15.6 Å². The number of ketones is 1. The molecule has 0 spiro atoms. The molecule has 2 aromatic rings. The van der Waals surface area contributed by atoms with Crippen LogP contribution in [0.4, 0.5) is 5.82 Å². The molecule has 2 amide bonds. The van der Waals surface area contributed by atoms with E-state index in [1.165, 1.54) is 20.8 Å². The Morgan fingerprint density at radius 2 is 1.65 bits per heavy atom. The molecule has 0 bridgehead atoms. The van der Waals surface area contributed by atoms with Crippen molar-refractivity contribution in [3.8, 4) is 0 Å². The quantitative estimate of drug-likeness (QED) is 0.0417. The molecule has 0 radical (unpaired) electrons. The fourth-order valence-corrected chi connectivity index (χ4v) is 7.53. The van der Waals surface area contributed by atoms with Crippen molar-refractivity contribution in [1.29, 1.82) is 0 Å². The number of aliphatic hydroxyl groups excluding tert-OH is 2. The van der Waals surface area contributed by atoms with Crippen LogP contribution < -0.4 is 35.9 Å². The number of hydrogen-bond donors (Lipinski definition) is 6. The standard InChI is InChI=1S/C23H38N7O17P3S.C3H4O3/c1-12(31)51-7-6-25-14(32)4-5-26-21(35)18(34)23(2,3)9-44-50(41,42)47-49(39,40)43-8-13-17(46-48(36,37)38)16(33)22(45-13)30-11-29-15-19(24)27-10-28-20(15)30;1-2(4)3(5)6/h10-11,13,16-18,22,33-34H,4-9H2,1-3H3,(H,25,32)(H,26,35)(H,39,40)(H,41,42)(H2,24,27,28)(H2,36,37,38);1H3,(H,5,6)/p-4. The molecule has 31 heteroatoms. The van der Waals surface area contributed by atoms with Crippen LogP contribution >= 0.6 is 35.2 Å². The third kappa shape index (κ3) is 16.5. The van der Waals surface area contributed by atoms with Crippen molar-refractivity contribution in [2.45, 2.75) is 64.8 Å². The summed E-state index contributed by atoms with van der Waals surface area (Å²) in [5, 5.41) is 33.5. The number of nitrogens with one attached hydrogen (secondary N) is 2. The molecule has 57 heavy (non-hydrogen) atoms. The smallest absolute Gasteiger partial charge is 0.371 e. The van der Waals surface area contributed by atoms with E-state index in [4.69, 9.17) is 15.6 Å². The van der Waals surface area contributed by atoms with E-state index >= 15 is 0 Å². The van der Waals surface area contributed by atoms with E-state index in [-0.39, 0.29) is 41.6 Å². The lowest BCUT2D eigenvalue weighted by Gasteiger charge is -2.36. The minimum atomic E-state index is -5.90. The van der Waals surface area contributed by atoms with E-state index in [0.29, 0.717) is 5.75 Å². The number of thioether (sulfide) groups is 1. The maximum atomic E-state index is 12.4. The average Bonchev–Trinajstić information content (AvgIpc) is 3.64. The van der Waals surface area contributed by atoms with Crippen LogP contribution in [0.5, 0.6) is 0 Å². The molecule has 3 rings (SSSR count). The van der Waals surface area contributed by atoms with Gasteiger partial charge in [-0.15, -0.1) is 0 Å². The number of Topliss-reactive ketones (excluding diaryl/α,β-unsaturated/α-hetero) is 1. The van der Waals surface area contributed by atoms with Gasteiger partial charge in [-0.25, -0.2) is 24.1 Å². The zero-order valence-corrected chi connectivity index (χ0v) is 33.7. The molecule has 1 fully saturated rings. The summed E-state index contributed by atoms with van der Waals surface area (Å²) in [6.07, 6.45) is -7.55. The molecule has 1 saturated heterocycles. The van der Waals surface area contributed by atoms with Crippen molar-refractivity contribution in [3.05, 3.63) is 12.7 Å². The van der Waals surface area contributed by atoms with Crippen molar-refractivity contribution in [1.82, 2.24) is 30.2 Å². The first-order valence-corrected chi connectivity index (χ1v) is 21.2. The highest BCUT2D eigenvalue weighted by Crippen LogP contribution is 2.56. The summed E-state index contributed by atoms with van der Waals surface area (Å²) in [6, 6.07) is 0. The molecular formula is C26H38N7O20P3S-4. The SMILES string of the molecule is CC(=O)C(=O)O.CC(=O)SCCNC(=O)CCNC(=O)C(O)C(C)(C)COP(=O)([O-])OP(=O)([O-])OCC1OC(n2cnc3c(N)ncnc32)C(O)C1OP(=O)([O-])[O-]. The van der Waals surface area contributed by atoms with Gasteiger partial charge in [-0.2, -0.15) is 0 Å². The van der Waals surface area contributed by atoms with Crippen LogP contribution in [0.25, 0.3) is 11.2 Å². The monoisotopic (exact) mass is 893 g/mol. The lowest BCUT2D eigenvalue weighted by Crippen LogP contribution is -2.46. The van der Waals surface area contributed by atoms with Gasteiger partial charge in [0.15, 0.2) is 22.8 Å². The van der Waals surface area contributed by atoms with Crippen molar-refractivity contribution >= 4 is 80.9 Å². The summed E-state index contributed by atoms with van der Waals surface area (Å²) < 4.78 is 60.2. The van der Waals surface area contributed by atoms with Gasteiger partial charge in [-0.1, -0.05) is 25.6 Å². The number of aliphatic hydroxyl groups is 2. The van der Waals surface area contributed by atoms with Gasteiger partial charge in [0.1, 0.15) is 36.3 Å². The largest absolute Gasteiger partial charge is 0.790 e. The van der Waals surface area contributed by atoms with Crippen LogP contribution in [-0.2, 0) is 60.3 Å². The molecule has 0 aliphatic carbocycles. The van der Waals surface area contributed by atoms with Crippen LogP contribution in [0.2, 0.25) is 0 Å². The molecule has 7 unspecified atom stereocenters. The molecule has 7 atom stereocenters. The summed E-state index contributed by atoms with van der Waals surface area (Å²) in [5.41, 5.74) is 4.07. The summed E-state index contributed by atoms with van der Waals surface area (Å²) in [7, 11) is -17.6. The number of fused-ring (bicyclic) bond motifs is 1. The molecule has 322 valence electrons. The van der Waals surface area contributed by atoms with Crippen molar-refractivity contribution in [2.75, 3.05) is 37.8 Å². The third-order valence-corrected chi connectivity index (χ3v) is 10.9. The van der Waals surface area contributed by atoms with Gasteiger partial charge < -0.3 is 74.1 Å². The number of imidazole rings is 1. The Hall–Kier alpha value is -3.30. The number of nitrogens with two attached hydrogens (primary N) is 1. The molecule has 2 aromatic heterocycles. The van der Waals surface area contributed by atoms with E-state index in [0.717, 1.165) is 35.9 Å². The molecule has 1 aliphatic rings. The number of aromatic nitrogens is 4. The fraction of sp³-hybridized carbons (Fsp3) is 0.615. The number of nitrogens with zero attached hydrogens (tertiary/aromatic N) is 4. The first-order chi connectivity index (χ1) is 26.2. The molecular weight excluding hydrogens is 855 g/mol. The first kappa shape index (κ1) is 49.8. The second kappa shape index (κ2) is 21.1. The van der Waals surface area contributed by atoms with Crippen molar-refractivity contribution in [3.63, 3.8) is 0 Å². The summed E-state index contributed by atoms with van der Waals surface area (Å²) in [4.78, 5) is 113. The van der Waals surface area contributed by atoms with Crippen LogP contribution in [0, 0.1) is 5.41 Å². The van der Waals surface area contributed by atoms with Gasteiger partial charge in [0.2, 0.25) is 17.6 Å². The predicted octanol–water partition coefficient (Wildman–Crippen LogP) is -4.18. The molecule has 7 N–H and O–H groups in total. The van der Waals surface area contributed by atoms with E-state index in [1.54, 1.807) is 0 Å². The number of carbonyl (C=O) groups excluding carboxylic acids is 4. The Morgan fingerprint density at radius 3 is 2.23 bits per heavy atom. The number of carboxylic acid groups (broad SMARTS) is 1. The third-order valence-electron chi connectivity index (χ3n) is 7.08. The highest BCUT2D eigenvalue weighted by Gasteiger charge is 2.47. The van der Waals surface area contributed by atoms with Gasteiger partial charge in [-0.3, -0.25) is 32.9 Å². The summed E-state index contributed by atoms with van der Waals surface area (Å²) in [6.45, 7) is 2.49. The number of phosphoric acid groups is 3. The van der Waals surface area contributed by atoms with Crippen LogP contribution in [-0.4, -0.2) is 120 Å². The van der Waals surface area contributed by atoms with Gasteiger partial charge in [-0.05, 0) is 0 Å². The fourth-order valence-electron chi connectivity index (χ4n) is 4.30. The summed E-state index contributed by atoms with van der Waals surface area (Å²) >= 11 is 1.01. The number of aliphatic carboxylic acids is 1. The Balaban J connectivity index is 0.00000173. The maximum Gasteiger partial charge on any atom is 0.371 e. The number of amides is 2.